The van der Waals surface area contributed by atoms with Gasteiger partial charge < -0.3 is 33.8 Å². The first-order valence-corrected chi connectivity index (χ1v) is 43.4. The summed E-state index contributed by atoms with van der Waals surface area (Å²) in [6.45, 7) is 11.9. The van der Waals surface area contributed by atoms with Gasteiger partial charge in [-0.25, -0.2) is 9.13 Å². The van der Waals surface area contributed by atoms with E-state index in [9.17, 15) is 43.2 Å². The van der Waals surface area contributed by atoms with Gasteiger partial charge in [-0.3, -0.25) is 37.3 Å². The molecule has 0 fully saturated rings. The maximum Gasteiger partial charge on any atom is 0.472 e. The van der Waals surface area contributed by atoms with Crippen LogP contribution in [0, 0.1) is 17.8 Å². The van der Waals surface area contributed by atoms with E-state index in [1.54, 1.807) is 0 Å². The topological polar surface area (TPSA) is 237 Å². The van der Waals surface area contributed by atoms with E-state index in [1.807, 2.05) is 0 Å². The number of aliphatic hydroxyl groups is 1. The molecule has 0 saturated carbocycles. The highest BCUT2D eigenvalue weighted by Crippen LogP contribution is 2.45. The third-order valence-corrected chi connectivity index (χ3v) is 20.4. The van der Waals surface area contributed by atoms with Crippen LogP contribution >= 0.6 is 15.6 Å². The van der Waals surface area contributed by atoms with Crippen molar-refractivity contribution in [3.8, 4) is 0 Å². The summed E-state index contributed by atoms with van der Waals surface area (Å²) in [5, 5.41) is 10.6. The van der Waals surface area contributed by atoms with Gasteiger partial charge in [-0.05, 0) is 43.4 Å². The van der Waals surface area contributed by atoms with Crippen LogP contribution in [0.2, 0.25) is 0 Å². The highest BCUT2D eigenvalue weighted by molar-refractivity contribution is 7.47. The third kappa shape index (κ3) is 70.9. The Morgan fingerprint density at radius 3 is 0.784 bits per heavy atom. The highest BCUT2D eigenvalue weighted by Gasteiger charge is 2.30. The molecule has 0 radical (unpaired) electrons. The Labute approximate surface area is 594 Å². The second-order valence-electron chi connectivity index (χ2n) is 29.3. The van der Waals surface area contributed by atoms with E-state index in [4.69, 9.17) is 37.0 Å². The zero-order chi connectivity index (χ0) is 71.6. The van der Waals surface area contributed by atoms with Crippen molar-refractivity contribution in [2.24, 2.45) is 17.8 Å². The fraction of sp³-hybridized carbons (Fsp3) is 0.949. The minimum atomic E-state index is -4.96. The molecule has 0 aromatic heterocycles. The van der Waals surface area contributed by atoms with Crippen LogP contribution in [0.5, 0.6) is 0 Å². The van der Waals surface area contributed by atoms with Gasteiger partial charge in [0, 0.05) is 25.7 Å². The molecule has 576 valence electrons. The predicted molar refractivity (Wildman–Crippen MR) is 395 cm³/mol. The minimum Gasteiger partial charge on any atom is -0.462 e. The number of esters is 4. The summed E-state index contributed by atoms with van der Waals surface area (Å²) >= 11 is 0. The Hall–Kier alpha value is -1.94. The Bertz CT molecular complexity index is 1890. The normalized spacial score (nSPS) is 14.3. The Balaban J connectivity index is 5.21. The van der Waals surface area contributed by atoms with Crippen molar-refractivity contribution >= 4 is 39.5 Å². The number of phosphoric acid groups is 2. The van der Waals surface area contributed by atoms with Gasteiger partial charge in [0.2, 0.25) is 0 Å². The summed E-state index contributed by atoms with van der Waals surface area (Å²) in [5.41, 5.74) is 0. The van der Waals surface area contributed by atoms with Gasteiger partial charge in [-0.2, -0.15) is 0 Å². The molecule has 0 rings (SSSR count). The number of carbonyl (C=O) groups excluding carboxylic acids is 4. The maximum atomic E-state index is 13.1. The zero-order valence-corrected chi connectivity index (χ0v) is 65.3. The lowest BCUT2D eigenvalue weighted by Gasteiger charge is -2.21. The van der Waals surface area contributed by atoms with E-state index in [2.05, 4.69) is 48.5 Å². The fourth-order valence-electron chi connectivity index (χ4n) is 11.9. The minimum absolute atomic E-state index is 0.106. The largest absolute Gasteiger partial charge is 0.472 e. The van der Waals surface area contributed by atoms with Crippen LogP contribution in [0.1, 0.15) is 402 Å². The van der Waals surface area contributed by atoms with E-state index < -0.39 is 97.5 Å². The standard InChI is InChI=1S/C78H152O17P2/c1-8-10-11-12-13-14-25-33-38-47-54-61-77(82)95-74(66-89-76(81)60-53-46-41-40-43-50-57-70(5)6)68-93-97(86,87)91-64-72(79)63-90-96(84,85)92-67-73(65-88-75(80)59-52-45-37-32-28-23-20-19-22-27-31-36-44-51-58-71(7)9-2)94-78(83)62-55-48-39-34-29-24-18-16-15-17-21-26-30-35-42-49-56-69(3)4/h69-74,79H,8-68H2,1-7H3,(H,84,85)(H,86,87)/t71?,72-,73-,74-/m1/s1. The van der Waals surface area contributed by atoms with Crippen molar-refractivity contribution in [1.29, 1.82) is 0 Å². The molecule has 3 unspecified atom stereocenters. The first-order chi connectivity index (χ1) is 46.8. The monoisotopic (exact) mass is 1420 g/mol. The first kappa shape index (κ1) is 95.1. The van der Waals surface area contributed by atoms with Crippen molar-refractivity contribution in [2.45, 2.75) is 420 Å². The van der Waals surface area contributed by atoms with E-state index in [1.165, 1.54) is 205 Å². The van der Waals surface area contributed by atoms with Crippen molar-refractivity contribution < 1.29 is 80.2 Å². The highest BCUT2D eigenvalue weighted by atomic mass is 31.2. The summed E-state index contributed by atoms with van der Waals surface area (Å²) in [4.78, 5) is 72.8. The molecule has 97 heavy (non-hydrogen) atoms. The van der Waals surface area contributed by atoms with Gasteiger partial charge in [-0.1, -0.05) is 350 Å². The average molecular weight is 1420 g/mol. The molecule has 0 aliphatic heterocycles. The van der Waals surface area contributed by atoms with Crippen molar-refractivity contribution in [2.75, 3.05) is 39.6 Å². The molecular formula is C78H152O17P2. The number of carbonyl (C=O) groups is 4. The average Bonchev–Trinajstić information content (AvgIpc) is 1.15. The Morgan fingerprint density at radius 1 is 0.299 bits per heavy atom. The van der Waals surface area contributed by atoms with E-state index in [0.717, 1.165) is 108 Å². The molecule has 19 heteroatoms. The van der Waals surface area contributed by atoms with Crippen molar-refractivity contribution in [1.82, 2.24) is 0 Å². The lowest BCUT2D eigenvalue weighted by molar-refractivity contribution is -0.161. The first-order valence-electron chi connectivity index (χ1n) is 40.4. The van der Waals surface area contributed by atoms with Gasteiger partial charge in [-0.15, -0.1) is 0 Å². The molecule has 0 saturated heterocycles. The van der Waals surface area contributed by atoms with Crippen LogP contribution in [0.4, 0.5) is 0 Å². The van der Waals surface area contributed by atoms with Gasteiger partial charge in [0.05, 0.1) is 26.4 Å². The summed E-state index contributed by atoms with van der Waals surface area (Å²) in [6, 6.07) is 0. The van der Waals surface area contributed by atoms with Gasteiger partial charge >= 0.3 is 39.5 Å². The van der Waals surface area contributed by atoms with Crippen LogP contribution in [0.15, 0.2) is 0 Å². The molecule has 0 aromatic carbocycles. The molecule has 0 amide bonds. The zero-order valence-electron chi connectivity index (χ0n) is 63.5. The molecule has 6 atom stereocenters. The SMILES string of the molecule is CCCCCCCCCCCCCC(=O)O[C@H](COC(=O)CCCCCCCCC(C)C)COP(=O)(O)OC[C@H](O)COP(=O)(O)OC[C@@H](COC(=O)CCCCCCCCCCCCCCCCC(C)CC)OC(=O)CCCCCCCCCCCCCCCCCCC(C)C. The van der Waals surface area contributed by atoms with Crippen molar-refractivity contribution in [3.63, 3.8) is 0 Å². The van der Waals surface area contributed by atoms with Crippen LogP contribution < -0.4 is 0 Å². The van der Waals surface area contributed by atoms with Gasteiger partial charge in [0.1, 0.15) is 19.3 Å². The molecule has 0 bridgehead atoms. The van der Waals surface area contributed by atoms with E-state index in [-0.39, 0.29) is 25.7 Å². The lowest BCUT2D eigenvalue weighted by Crippen LogP contribution is -2.30. The Morgan fingerprint density at radius 2 is 0.526 bits per heavy atom. The fourth-order valence-corrected chi connectivity index (χ4v) is 13.5. The molecule has 0 aliphatic carbocycles. The summed E-state index contributed by atoms with van der Waals surface area (Å²) in [7, 11) is -9.91. The molecule has 0 heterocycles. The van der Waals surface area contributed by atoms with Crippen LogP contribution in [0.25, 0.3) is 0 Å². The lowest BCUT2D eigenvalue weighted by atomic mass is 9.99. The third-order valence-electron chi connectivity index (χ3n) is 18.5. The van der Waals surface area contributed by atoms with Gasteiger partial charge in [0.25, 0.3) is 0 Å². The second-order valence-corrected chi connectivity index (χ2v) is 32.2. The maximum absolute atomic E-state index is 13.1. The number of aliphatic hydroxyl groups excluding tert-OH is 1. The van der Waals surface area contributed by atoms with Crippen LogP contribution in [-0.2, 0) is 65.4 Å². The second kappa shape index (κ2) is 68.5. The number of hydrogen-bond acceptors (Lipinski definition) is 15. The molecule has 3 N–H and O–H groups in total. The number of unbranched alkanes of at least 4 members (excludes halogenated alkanes) is 43. The van der Waals surface area contributed by atoms with E-state index in [0.29, 0.717) is 31.6 Å². The number of hydrogen-bond donors (Lipinski definition) is 3. The summed E-state index contributed by atoms with van der Waals surface area (Å²) in [5.74, 6) is 0.222. The molecule has 17 nitrogen and oxygen atoms in total. The quantitative estimate of drug-likeness (QED) is 0.0222. The molecule has 0 aliphatic rings. The predicted octanol–water partition coefficient (Wildman–Crippen LogP) is 23.0. The van der Waals surface area contributed by atoms with Crippen LogP contribution in [-0.4, -0.2) is 96.7 Å². The summed E-state index contributed by atoms with van der Waals surface area (Å²) < 4.78 is 68.5. The Kier molecular flexibility index (Phi) is 67.1. The number of ether oxygens (including phenoxy) is 4. The smallest absolute Gasteiger partial charge is 0.462 e. The van der Waals surface area contributed by atoms with Crippen LogP contribution in [0.3, 0.4) is 0 Å². The number of phosphoric ester groups is 2. The molecule has 0 aromatic rings. The van der Waals surface area contributed by atoms with E-state index >= 15 is 0 Å². The summed E-state index contributed by atoms with van der Waals surface area (Å²) in [6.07, 6.45) is 55.6. The molecular weight excluding hydrogens is 1270 g/mol. The van der Waals surface area contributed by atoms with Crippen molar-refractivity contribution in [3.05, 3.63) is 0 Å². The number of rotatable bonds is 76. The van der Waals surface area contributed by atoms with Gasteiger partial charge in [0.15, 0.2) is 12.2 Å². The molecule has 0 spiro atoms.